The molecule has 4 nitrogen and oxygen atoms in total. The lowest BCUT2D eigenvalue weighted by Gasteiger charge is -2.14. The van der Waals surface area contributed by atoms with Crippen LogP contribution in [0.5, 0.6) is 0 Å². The summed E-state index contributed by atoms with van der Waals surface area (Å²) in [6.45, 7) is 4.24. The van der Waals surface area contributed by atoms with E-state index in [9.17, 15) is 4.79 Å². The van der Waals surface area contributed by atoms with Gasteiger partial charge in [0.25, 0.3) is 0 Å². The van der Waals surface area contributed by atoms with Gasteiger partial charge in [0.15, 0.2) is 0 Å². The molecule has 0 spiro atoms. The van der Waals surface area contributed by atoms with Crippen molar-refractivity contribution in [2.24, 2.45) is 5.92 Å². The van der Waals surface area contributed by atoms with Crippen LogP contribution in [-0.2, 0) is 11.3 Å². The van der Waals surface area contributed by atoms with Crippen LogP contribution in [0.4, 0.5) is 0 Å². The smallest absolute Gasteiger partial charge is 0.307 e. The molecule has 0 bridgehead atoms. The van der Waals surface area contributed by atoms with Crippen molar-refractivity contribution in [1.29, 1.82) is 0 Å². The van der Waals surface area contributed by atoms with E-state index in [0.29, 0.717) is 6.54 Å². The predicted molar refractivity (Wildman–Crippen MR) is 54.5 cm³/mol. The van der Waals surface area contributed by atoms with Crippen LogP contribution >= 0.6 is 0 Å². The normalized spacial score (nSPS) is 22.1. The van der Waals surface area contributed by atoms with E-state index in [1.54, 1.807) is 6.26 Å². The molecular formula is C11H15NO3. The molecule has 1 aromatic heterocycles. The Bertz CT molecular complexity index is 358. The molecule has 1 saturated heterocycles. The highest BCUT2D eigenvalue weighted by atomic mass is 16.4. The third kappa shape index (κ3) is 2.21. The maximum absolute atomic E-state index is 10.8. The Kier molecular flexibility index (Phi) is 2.77. The molecule has 1 aromatic rings. The number of furan rings is 1. The second-order valence-corrected chi connectivity index (χ2v) is 4.06. The largest absolute Gasteiger partial charge is 0.481 e. The van der Waals surface area contributed by atoms with Crippen LogP contribution in [0.25, 0.3) is 0 Å². The van der Waals surface area contributed by atoms with Crippen molar-refractivity contribution in [3.05, 3.63) is 23.7 Å². The van der Waals surface area contributed by atoms with E-state index in [1.807, 2.05) is 13.0 Å². The minimum absolute atomic E-state index is 0.197. The third-order valence-corrected chi connectivity index (χ3v) is 2.98. The molecule has 0 aliphatic carbocycles. The summed E-state index contributed by atoms with van der Waals surface area (Å²) in [5.41, 5.74) is 1.15. The van der Waals surface area contributed by atoms with Gasteiger partial charge in [-0.1, -0.05) is 0 Å². The Labute approximate surface area is 88.5 Å². The van der Waals surface area contributed by atoms with Crippen LogP contribution < -0.4 is 0 Å². The van der Waals surface area contributed by atoms with Gasteiger partial charge in [0.2, 0.25) is 0 Å². The van der Waals surface area contributed by atoms with Gasteiger partial charge in [0.1, 0.15) is 5.76 Å². The van der Waals surface area contributed by atoms with Crippen molar-refractivity contribution in [3.63, 3.8) is 0 Å². The van der Waals surface area contributed by atoms with Gasteiger partial charge in [-0.05, 0) is 26.0 Å². The predicted octanol–water partition coefficient (Wildman–Crippen LogP) is 1.49. The number of hydrogen-bond donors (Lipinski definition) is 1. The molecule has 1 aliphatic rings. The first kappa shape index (κ1) is 10.2. The van der Waals surface area contributed by atoms with Gasteiger partial charge < -0.3 is 9.52 Å². The molecule has 2 heterocycles. The van der Waals surface area contributed by atoms with E-state index in [0.717, 1.165) is 30.8 Å². The Morgan fingerprint density at radius 2 is 2.53 bits per heavy atom. The number of hydrogen-bond acceptors (Lipinski definition) is 3. The highest BCUT2D eigenvalue weighted by molar-refractivity contribution is 5.70. The molecule has 2 rings (SSSR count). The standard InChI is InChI=1S/C11H15NO3/c1-8-9(3-5-15-8)6-12-4-2-10(7-12)11(13)14/h3,5,10H,2,4,6-7H2,1H3,(H,13,14). The summed E-state index contributed by atoms with van der Waals surface area (Å²) in [6.07, 6.45) is 2.43. The molecule has 1 N–H and O–H groups in total. The lowest BCUT2D eigenvalue weighted by molar-refractivity contribution is -0.141. The summed E-state index contributed by atoms with van der Waals surface area (Å²) < 4.78 is 5.21. The van der Waals surface area contributed by atoms with E-state index in [1.165, 1.54) is 0 Å². The number of likely N-dealkylation sites (tertiary alicyclic amines) is 1. The Morgan fingerprint density at radius 3 is 3.07 bits per heavy atom. The molecule has 0 saturated carbocycles. The topological polar surface area (TPSA) is 53.7 Å². The van der Waals surface area contributed by atoms with Crippen LogP contribution in [-0.4, -0.2) is 29.1 Å². The molecule has 82 valence electrons. The van der Waals surface area contributed by atoms with Gasteiger partial charge in [-0.15, -0.1) is 0 Å². The first-order valence-corrected chi connectivity index (χ1v) is 5.15. The fraction of sp³-hybridized carbons (Fsp3) is 0.545. The number of rotatable bonds is 3. The van der Waals surface area contributed by atoms with Crippen molar-refractivity contribution in [2.75, 3.05) is 13.1 Å². The molecule has 4 heteroatoms. The van der Waals surface area contributed by atoms with Crippen LogP contribution in [0.15, 0.2) is 16.7 Å². The van der Waals surface area contributed by atoms with E-state index in [4.69, 9.17) is 9.52 Å². The van der Waals surface area contributed by atoms with E-state index >= 15 is 0 Å². The Balaban J connectivity index is 1.93. The fourth-order valence-corrected chi connectivity index (χ4v) is 1.99. The van der Waals surface area contributed by atoms with E-state index < -0.39 is 5.97 Å². The first-order valence-electron chi connectivity index (χ1n) is 5.15. The fourth-order valence-electron chi connectivity index (χ4n) is 1.99. The lowest BCUT2D eigenvalue weighted by atomic mass is 10.1. The van der Waals surface area contributed by atoms with Crippen molar-refractivity contribution in [2.45, 2.75) is 19.9 Å². The van der Waals surface area contributed by atoms with E-state index in [2.05, 4.69) is 4.90 Å². The Morgan fingerprint density at radius 1 is 1.73 bits per heavy atom. The van der Waals surface area contributed by atoms with Gasteiger partial charge in [0.05, 0.1) is 12.2 Å². The molecule has 1 unspecified atom stereocenters. The van der Waals surface area contributed by atoms with Gasteiger partial charge in [0, 0.05) is 18.7 Å². The summed E-state index contributed by atoms with van der Waals surface area (Å²) in [6, 6.07) is 1.95. The molecule has 0 amide bonds. The molecule has 0 aromatic carbocycles. The number of nitrogens with zero attached hydrogens (tertiary/aromatic N) is 1. The number of aliphatic carboxylic acids is 1. The molecular weight excluding hydrogens is 194 g/mol. The molecule has 1 fully saturated rings. The maximum Gasteiger partial charge on any atom is 0.307 e. The average Bonchev–Trinajstić information content (AvgIpc) is 2.77. The number of carboxylic acid groups (broad SMARTS) is 1. The number of carbonyl (C=O) groups is 1. The van der Waals surface area contributed by atoms with Crippen LogP contribution in [0, 0.1) is 12.8 Å². The first-order chi connectivity index (χ1) is 7.16. The zero-order valence-electron chi connectivity index (χ0n) is 8.77. The quantitative estimate of drug-likeness (QED) is 0.819. The van der Waals surface area contributed by atoms with Crippen LogP contribution in [0.2, 0.25) is 0 Å². The van der Waals surface area contributed by atoms with Crippen LogP contribution in [0.1, 0.15) is 17.7 Å². The van der Waals surface area contributed by atoms with Crippen molar-refractivity contribution >= 4 is 5.97 Å². The molecule has 1 aliphatic heterocycles. The molecule has 1 atom stereocenters. The van der Waals surface area contributed by atoms with Gasteiger partial charge >= 0.3 is 5.97 Å². The van der Waals surface area contributed by atoms with Gasteiger partial charge in [-0.2, -0.15) is 0 Å². The zero-order valence-corrected chi connectivity index (χ0v) is 8.77. The number of aryl methyl sites for hydroxylation is 1. The molecule has 0 radical (unpaired) electrons. The van der Waals surface area contributed by atoms with Crippen molar-refractivity contribution in [1.82, 2.24) is 4.90 Å². The summed E-state index contributed by atoms with van der Waals surface area (Å²) in [5.74, 6) is 0.0485. The minimum Gasteiger partial charge on any atom is -0.481 e. The molecule has 15 heavy (non-hydrogen) atoms. The summed E-state index contributed by atoms with van der Waals surface area (Å²) >= 11 is 0. The SMILES string of the molecule is Cc1occc1CN1CCC(C(=O)O)C1. The Hall–Kier alpha value is -1.29. The summed E-state index contributed by atoms with van der Waals surface area (Å²) in [5, 5.41) is 8.87. The second-order valence-electron chi connectivity index (χ2n) is 4.06. The summed E-state index contributed by atoms with van der Waals surface area (Å²) in [4.78, 5) is 12.9. The van der Waals surface area contributed by atoms with Crippen LogP contribution in [0.3, 0.4) is 0 Å². The van der Waals surface area contributed by atoms with Gasteiger partial charge in [-0.3, -0.25) is 9.69 Å². The second kappa shape index (κ2) is 4.06. The van der Waals surface area contributed by atoms with Crippen molar-refractivity contribution < 1.29 is 14.3 Å². The monoisotopic (exact) mass is 209 g/mol. The van der Waals surface area contributed by atoms with E-state index in [-0.39, 0.29) is 5.92 Å². The third-order valence-electron chi connectivity index (χ3n) is 2.98. The highest BCUT2D eigenvalue weighted by Crippen LogP contribution is 2.20. The maximum atomic E-state index is 10.8. The minimum atomic E-state index is -0.679. The van der Waals surface area contributed by atoms with Crippen molar-refractivity contribution in [3.8, 4) is 0 Å². The average molecular weight is 209 g/mol. The van der Waals surface area contributed by atoms with Gasteiger partial charge in [-0.25, -0.2) is 0 Å². The number of carboxylic acids is 1. The zero-order chi connectivity index (χ0) is 10.8. The highest BCUT2D eigenvalue weighted by Gasteiger charge is 2.28. The summed E-state index contributed by atoms with van der Waals surface area (Å²) in [7, 11) is 0. The lowest BCUT2D eigenvalue weighted by Crippen LogP contribution is -2.22.